The number of anilines is 1. The minimum Gasteiger partial charge on any atom is -0.478 e. The molecule has 0 atom stereocenters. The third kappa shape index (κ3) is 4.75. The number of nitrogens with one attached hydrogen (secondary N) is 1. The summed E-state index contributed by atoms with van der Waals surface area (Å²) in [4.78, 5) is 17.5. The van der Waals surface area contributed by atoms with Gasteiger partial charge in [-0.05, 0) is 70.9 Å². The number of amides is 1. The highest BCUT2D eigenvalue weighted by atomic mass is 16.5. The Morgan fingerprint density at radius 2 is 1.61 bits per heavy atom. The van der Waals surface area contributed by atoms with Crippen LogP contribution >= 0.6 is 0 Å². The first-order valence-electron chi connectivity index (χ1n) is 11.3. The lowest BCUT2D eigenvalue weighted by Crippen LogP contribution is -2.13. The maximum absolute atomic E-state index is 12.6. The Morgan fingerprint density at radius 3 is 2.24 bits per heavy atom. The van der Waals surface area contributed by atoms with Gasteiger partial charge in [0.2, 0.25) is 11.8 Å². The Hall–Kier alpha value is -3.67. The van der Waals surface area contributed by atoms with Gasteiger partial charge in [-0.1, -0.05) is 35.4 Å². The molecule has 0 aliphatic carbocycles. The van der Waals surface area contributed by atoms with E-state index < -0.39 is 0 Å². The van der Waals surface area contributed by atoms with Gasteiger partial charge in [0.1, 0.15) is 0 Å². The molecule has 2 aromatic carbocycles. The highest BCUT2D eigenvalue weighted by molar-refractivity contribution is 5.91. The Morgan fingerprint density at radius 1 is 0.970 bits per heavy atom. The van der Waals surface area contributed by atoms with Crippen molar-refractivity contribution in [3.05, 3.63) is 76.5 Å². The number of hydrogen-bond donors (Lipinski definition) is 1. The number of hydrogen-bond acceptors (Lipinski definition) is 4. The molecule has 1 amide bonds. The fourth-order valence-electron chi connectivity index (χ4n) is 4.05. The van der Waals surface area contributed by atoms with Crippen LogP contribution in [0.2, 0.25) is 0 Å². The minimum absolute atomic E-state index is 0.0344. The van der Waals surface area contributed by atoms with Gasteiger partial charge < -0.3 is 10.1 Å². The van der Waals surface area contributed by atoms with Crippen LogP contribution in [0.5, 0.6) is 5.88 Å². The molecule has 0 saturated carbocycles. The first kappa shape index (κ1) is 22.5. The number of carbonyl (C=O) groups excluding carboxylic acids is 1. The second-order valence-electron chi connectivity index (χ2n) is 8.40. The molecule has 0 radical (unpaired) electrons. The van der Waals surface area contributed by atoms with Crippen molar-refractivity contribution in [3.63, 3.8) is 0 Å². The maximum atomic E-state index is 12.6. The van der Waals surface area contributed by atoms with Gasteiger partial charge in [-0.15, -0.1) is 0 Å². The minimum atomic E-state index is -0.0344. The molecule has 6 heteroatoms. The van der Waals surface area contributed by atoms with Crippen LogP contribution in [-0.2, 0) is 11.2 Å². The number of aryl methyl sites for hydroxylation is 4. The lowest BCUT2D eigenvalue weighted by Gasteiger charge is -2.14. The van der Waals surface area contributed by atoms with Gasteiger partial charge in [0.05, 0.1) is 18.0 Å². The summed E-state index contributed by atoms with van der Waals surface area (Å²) in [6.45, 7) is 10.6. The van der Waals surface area contributed by atoms with Crippen LogP contribution in [0.3, 0.4) is 0 Å². The van der Waals surface area contributed by atoms with Crippen molar-refractivity contribution in [2.24, 2.45) is 0 Å². The standard InChI is InChI=1S/C27H30N4O2/c1-6-33-27-23(15-16-24(32)28-21-11-7-17(2)8-12-21)19(4)25-20(5)30-31(26(25)29-27)22-13-9-18(3)10-14-22/h7-14H,6,15-16H2,1-5H3,(H,28,32). The summed E-state index contributed by atoms with van der Waals surface area (Å²) in [5.74, 6) is 0.534. The van der Waals surface area contributed by atoms with E-state index in [2.05, 4.69) is 31.3 Å². The highest BCUT2D eigenvalue weighted by Gasteiger charge is 2.20. The van der Waals surface area contributed by atoms with E-state index in [0.29, 0.717) is 25.3 Å². The Kier molecular flexibility index (Phi) is 6.45. The fraction of sp³-hybridized carbons (Fsp3) is 0.296. The lowest BCUT2D eigenvalue weighted by atomic mass is 10.0. The molecule has 0 fully saturated rings. The van der Waals surface area contributed by atoms with Crippen LogP contribution in [0, 0.1) is 27.7 Å². The van der Waals surface area contributed by atoms with Crippen LogP contribution in [-0.4, -0.2) is 27.3 Å². The van der Waals surface area contributed by atoms with Crippen LogP contribution < -0.4 is 10.1 Å². The van der Waals surface area contributed by atoms with Crippen molar-refractivity contribution >= 4 is 22.6 Å². The third-order valence-corrected chi connectivity index (χ3v) is 5.83. The number of ether oxygens (including phenoxy) is 1. The summed E-state index contributed by atoms with van der Waals surface area (Å²) in [6.07, 6.45) is 0.879. The topological polar surface area (TPSA) is 69.0 Å². The molecule has 1 N–H and O–H groups in total. The van der Waals surface area contributed by atoms with Crippen LogP contribution in [0.25, 0.3) is 16.7 Å². The Labute approximate surface area is 194 Å². The molecular weight excluding hydrogens is 412 g/mol. The summed E-state index contributed by atoms with van der Waals surface area (Å²) in [5.41, 5.74) is 7.80. The zero-order valence-corrected chi connectivity index (χ0v) is 19.9. The van der Waals surface area contributed by atoms with Gasteiger partial charge in [0.25, 0.3) is 0 Å². The SMILES string of the molecule is CCOc1nc2c(c(C)nn2-c2ccc(C)cc2)c(C)c1CCC(=O)Nc1ccc(C)cc1. The third-order valence-electron chi connectivity index (χ3n) is 5.83. The van der Waals surface area contributed by atoms with Crippen LogP contribution in [0.4, 0.5) is 5.69 Å². The van der Waals surface area contributed by atoms with Crippen molar-refractivity contribution in [1.82, 2.24) is 14.8 Å². The van der Waals surface area contributed by atoms with Crippen molar-refractivity contribution in [2.45, 2.75) is 47.5 Å². The molecule has 33 heavy (non-hydrogen) atoms. The van der Waals surface area contributed by atoms with Crippen LogP contribution in [0.15, 0.2) is 48.5 Å². The zero-order chi connectivity index (χ0) is 23.5. The van der Waals surface area contributed by atoms with Crippen molar-refractivity contribution < 1.29 is 9.53 Å². The number of benzene rings is 2. The van der Waals surface area contributed by atoms with Crippen molar-refractivity contribution in [2.75, 3.05) is 11.9 Å². The molecule has 4 aromatic rings. The number of fused-ring (bicyclic) bond motifs is 1. The molecule has 0 spiro atoms. The number of carbonyl (C=O) groups is 1. The first-order chi connectivity index (χ1) is 15.9. The summed E-state index contributed by atoms with van der Waals surface area (Å²) in [7, 11) is 0. The largest absolute Gasteiger partial charge is 0.478 e. The summed E-state index contributed by atoms with van der Waals surface area (Å²) in [5, 5.41) is 8.75. The summed E-state index contributed by atoms with van der Waals surface area (Å²) >= 11 is 0. The summed E-state index contributed by atoms with van der Waals surface area (Å²) < 4.78 is 7.79. The normalized spacial score (nSPS) is 11.1. The first-order valence-corrected chi connectivity index (χ1v) is 11.3. The maximum Gasteiger partial charge on any atom is 0.224 e. The number of nitrogens with zero attached hydrogens (tertiary/aromatic N) is 3. The van der Waals surface area contributed by atoms with Crippen molar-refractivity contribution in [3.8, 4) is 11.6 Å². The molecule has 0 saturated heterocycles. The average molecular weight is 443 g/mol. The van der Waals surface area contributed by atoms with Gasteiger partial charge in [0.15, 0.2) is 5.65 Å². The smallest absolute Gasteiger partial charge is 0.224 e. The molecule has 0 unspecified atom stereocenters. The molecule has 4 rings (SSSR count). The van der Waals surface area contributed by atoms with Gasteiger partial charge in [0, 0.05) is 23.1 Å². The monoisotopic (exact) mass is 442 g/mol. The van der Waals surface area contributed by atoms with E-state index in [4.69, 9.17) is 14.8 Å². The van der Waals surface area contributed by atoms with E-state index in [1.807, 2.05) is 61.9 Å². The fourth-order valence-corrected chi connectivity index (χ4v) is 4.05. The van der Waals surface area contributed by atoms with Gasteiger partial charge in [-0.2, -0.15) is 10.1 Å². The van der Waals surface area contributed by atoms with E-state index in [9.17, 15) is 4.79 Å². The van der Waals surface area contributed by atoms with E-state index in [1.54, 1.807) is 0 Å². The highest BCUT2D eigenvalue weighted by Crippen LogP contribution is 2.32. The average Bonchev–Trinajstić information content (AvgIpc) is 3.12. The molecule has 6 nitrogen and oxygen atoms in total. The molecule has 2 heterocycles. The Bertz CT molecular complexity index is 1290. The van der Waals surface area contributed by atoms with E-state index in [-0.39, 0.29) is 5.91 Å². The molecule has 2 aromatic heterocycles. The Balaban J connectivity index is 1.66. The zero-order valence-electron chi connectivity index (χ0n) is 19.9. The summed E-state index contributed by atoms with van der Waals surface area (Å²) in [6, 6.07) is 16.0. The van der Waals surface area contributed by atoms with E-state index in [0.717, 1.165) is 44.8 Å². The number of aromatic nitrogens is 3. The van der Waals surface area contributed by atoms with E-state index in [1.165, 1.54) is 5.56 Å². The quantitative estimate of drug-likeness (QED) is 0.403. The lowest BCUT2D eigenvalue weighted by molar-refractivity contribution is -0.116. The van der Waals surface area contributed by atoms with Crippen molar-refractivity contribution in [1.29, 1.82) is 0 Å². The number of rotatable bonds is 7. The van der Waals surface area contributed by atoms with Gasteiger partial charge >= 0.3 is 0 Å². The van der Waals surface area contributed by atoms with E-state index >= 15 is 0 Å². The predicted octanol–water partition coefficient (Wildman–Crippen LogP) is 5.62. The second-order valence-corrected chi connectivity index (χ2v) is 8.40. The molecule has 170 valence electrons. The second kappa shape index (κ2) is 9.45. The number of pyridine rings is 1. The van der Waals surface area contributed by atoms with Crippen LogP contribution in [0.1, 0.15) is 41.3 Å². The van der Waals surface area contributed by atoms with Gasteiger partial charge in [-0.25, -0.2) is 4.68 Å². The molecule has 0 aliphatic heterocycles. The predicted molar refractivity (Wildman–Crippen MR) is 132 cm³/mol. The van der Waals surface area contributed by atoms with Gasteiger partial charge in [-0.3, -0.25) is 4.79 Å². The molecule has 0 aliphatic rings. The molecular formula is C27H30N4O2. The molecule has 0 bridgehead atoms.